The summed E-state index contributed by atoms with van der Waals surface area (Å²) >= 11 is 1.33. The van der Waals surface area contributed by atoms with Crippen LogP contribution < -0.4 is 4.74 Å². The molecule has 2 aromatic carbocycles. The molecule has 2 rings (SSSR count). The number of carbonyl (C=O) groups is 1. The number of phenolic OH excluding ortho intramolecular Hbond substituents is 1. The van der Waals surface area contributed by atoms with E-state index in [0.717, 1.165) is 5.56 Å². The number of nitro groups is 1. The molecule has 0 radical (unpaired) electrons. The third-order valence-electron chi connectivity index (χ3n) is 3.20. The Hall–Kier alpha value is -2.74. The van der Waals surface area contributed by atoms with Crippen molar-refractivity contribution in [3.8, 4) is 11.5 Å². The van der Waals surface area contributed by atoms with Crippen molar-refractivity contribution in [3.63, 3.8) is 0 Å². The molecule has 0 unspecified atom stereocenters. The van der Waals surface area contributed by atoms with E-state index in [9.17, 15) is 20.0 Å². The lowest BCUT2D eigenvalue weighted by Gasteiger charge is -2.12. The van der Waals surface area contributed by atoms with E-state index in [1.165, 1.54) is 44.2 Å². The number of methoxy groups -OCH3 is 2. The Labute approximate surface area is 142 Å². The minimum absolute atomic E-state index is 0.0201. The van der Waals surface area contributed by atoms with Gasteiger partial charge in [-0.25, -0.2) is 4.79 Å². The smallest absolute Gasteiger partial charge is 0.338 e. The number of thioether (sulfide) groups is 1. The molecule has 1 N–H and O–H groups in total. The molecular weight excluding hydrogens is 334 g/mol. The standard InChI is InChI=1S/C16H15NO6S/c1-22-15-13(18)7-11(16(19)23-2)8-14(15)24-9-10-3-5-12(6-4-10)17(20)21/h3-8,18H,9H2,1-2H3. The normalized spacial score (nSPS) is 10.2. The molecule has 0 fully saturated rings. The van der Waals surface area contributed by atoms with Crippen LogP contribution in [0.3, 0.4) is 0 Å². The zero-order valence-electron chi connectivity index (χ0n) is 13.0. The lowest BCUT2D eigenvalue weighted by molar-refractivity contribution is -0.384. The molecule has 0 aliphatic rings. The number of hydrogen-bond acceptors (Lipinski definition) is 7. The molecule has 2 aromatic rings. The molecule has 0 aliphatic carbocycles. The van der Waals surface area contributed by atoms with Gasteiger partial charge < -0.3 is 14.6 Å². The fraction of sp³-hybridized carbons (Fsp3) is 0.188. The van der Waals surface area contributed by atoms with Crippen molar-refractivity contribution in [2.75, 3.05) is 14.2 Å². The van der Waals surface area contributed by atoms with Gasteiger partial charge in [0.2, 0.25) is 0 Å². The summed E-state index contributed by atoms with van der Waals surface area (Å²) < 4.78 is 9.83. The molecule has 24 heavy (non-hydrogen) atoms. The third kappa shape index (κ3) is 3.96. The average Bonchev–Trinajstić information content (AvgIpc) is 2.59. The van der Waals surface area contributed by atoms with Crippen LogP contribution in [-0.4, -0.2) is 30.2 Å². The maximum atomic E-state index is 11.6. The summed E-state index contributed by atoms with van der Waals surface area (Å²) in [5.74, 6) is 0.0182. The topological polar surface area (TPSA) is 98.9 Å². The third-order valence-corrected chi connectivity index (χ3v) is 4.29. The highest BCUT2D eigenvalue weighted by Gasteiger charge is 2.16. The van der Waals surface area contributed by atoms with Crippen molar-refractivity contribution >= 4 is 23.4 Å². The number of ether oxygens (including phenoxy) is 2. The van der Waals surface area contributed by atoms with Gasteiger partial charge in [0.25, 0.3) is 5.69 Å². The van der Waals surface area contributed by atoms with Gasteiger partial charge in [-0.15, -0.1) is 11.8 Å². The van der Waals surface area contributed by atoms with Gasteiger partial charge in [0.05, 0.1) is 29.6 Å². The minimum atomic E-state index is -0.565. The number of non-ortho nitro benzene ring substituents is 1. The molecule has 0 bridgehead atoms. The highest BCUT2D eigenvalue weighted by atomic mass is 32.2. The Kier molecular flexibility index (Phi) is 5.64. The highest BCUT2D eigenvalue weighted by Crippen LogP contribution is 2.39. The van der Waals surface area contributed by atoms with Gasteiger partial charge in [-0.3, -0.25) is 10.1 Å². The second-order valence-electron chi connectivity index (χ2n) is 4.73. The van der Waals surface area contributed by atoms with Crippen LogP contribution in [0.5, 0.6) is 11.5 Å². The number of benzene rings is 2. The van der Waals surface area contributed by atoms with Gasteiger partial charge in [0, 0.05) is 17.9 Å². The van der Waals surface area contributed by atoms with Crippen LogP contribution in [0, 0.1) is 10.1 Å². The van der Waals surface area contributed by atoms with E-state index in [1.54, 1.807) is 18.2 Å². The van der Waals surface area contributed by atoms with Crippen molar-refractivity contribution in [2.24, 2.45) is 0 Å². The monoisotopic (exact) mass is 349 g/mol. The summed E-state index contributed by atoms with van der Waals surface area (Å²) in [5.41, 5.74) is 1.09. The number of esters is 1. The molecule has 0 spiro atoms. The fourth-order valence-corrected chi connectivity index (χ4v) is 3.05. The molecule has 8 heteroatoms. The number of hydrogen-bond donors (Lipinski definition) is 1. The first-order chi connectivity index (χ1) is 11.5. The van der Waals surface area contributed by atoms with Crippen molar-refractivity contribution in [2.45, 2.75) is 10.6 Å². The molecule has 0 aromatic heterocycles. The number of nitro benzene ring substituents is 1. The second-order valence-corrected chi connectivity index (χ2v) is 5.75. The molecule has 0 saturated heterocycles. The average molecular weight is 349 g/mol. The summed E-state index contributed by atoms with van der Waals surface area (Å²) in [6, 6.07) is 9.01. The van der Waals surface area contributed by atoms with Crippen LogP contribution in [0.1, 0.15) is 15.9 Å². The quantitative estimate of drug-likeness (QED) is 0.369. The number of phenols is 1. The summed E-state index contributed by atoms with van der Waals surface area (Å²) in [6.07, 6.45) is 0. The van der Waals surface area contributed by atoms with E-state index < -0.39 is 10.9 Å². The maximum Gasteiger partial charge on any atom is 0.338 e. The van der Waals surface area contributed by atoms with Crippen LogP contribution in [0.4, 0.5) is 5.69 Å². The van der Waals surface area contributed by atoms with Crippen molar-refractivity contribution < 1.29 is 24.3 Å². The zero-order valence-corrected chi connectivity index (χ0v) is 13.8. The van der Waals surface area contributed by atoms with Gasteiger partial charge in [-0.2, -0.15) is 0 Å². The lowest BCUT2D eigenvalue weighted by Crippen LogP contribution is -2.02. The van der Waals surface area contributed by atoms with E-state index in [2.05, 4.69) is 4.74 Å². The first-order valence-corrected chi connectivity index (χ1v) is 7.80. The van der Waals surface area contributed by atoms with Crippen molar-refractivity contribution in [1.29, 1.82) is 0 Å². The van der Waals surface area contributed by atoms with Crippen LogP contribution in [-0.2, 0) is 10.5 Å². The van der Waals surface area contributed by atoms with E-state index in [1.807, 2.05) is 0 Å². The largest absolute Gasteiger partial charge is 0.504 e. The van der Waals surface area contributed by atoms with Crippen LogP contribution >= 0.6 is 11.8 Å². The highest BCUT2D eigenvalue weighted by molar-refractivity contribution is 7.98. The molecule has 0 heterocycles. The van der Waals surface area contributed by atoms with Crippen LogP contribution in [0.15, 0.2) is 41.3 Å². The Morgan fingerprint density at radius 3 is 2.46 bits per heavy atom. The van der Waals surface area contributed by atoms with Gasteiger partial charge in [0.1, 0.15) is 0 Å². The summed E-state index contributed by atoms with van der Waals surface area (Å²) in [7, 11) is 2.68. The maximum absolute atomic E-state index is 11.6. The van der Waals surface area contributed by atoms with Crippen molar-refractivity contribution in [3.05, 3.63) is 57.6 Å². The number of aromatic hydroxyl groups is 1. The van der Waals surface area contributed by atoms with Crippen LogP contribution in [0.2, 0.25) is 0 Å². The summed E-state index contributed by atoms with van der Waals surface area (Å²) in [4.78, 5) is 22.4. The molecule has 0 aliphatic heterocycles. The van der Waals surface area contributed by atoms with Gasteiger partial charge in [0.15, 0.2) is 11.5 Å². The van der Waals surface area contributed by atoms with E-state index >= 15 is 0 Å². The molecular formula is C16H15NO6S. The molecule has 7 nitrogen and oxygen atoms in total. The van der Waals surface area contributed by atoms with E-state index in [-0.39, 0.29) is 22.7 Å². The Balaban J connectivity index is 2.22. The SMILES string of the molecule is COC(=O)c1cc(O)c(OC)c(SCc2ccc([N+](=O)[O-])cc2)c1. The molecule has 126 valence electrons. The number of nitrogens with zero attached hydrogens (tertiary/aromatic N) is 1. The zero-order chi connectivity index (χ0) is 17.7. The van der Waals surface area contributed by atoms with E-state index in [0.29, 0.717) is 10.6 Å². The Morgan fingerprint density at radius 1 is 1.25 bits per heavy atom. The predicted octanol–water partition coefficient (Wildman–Crippen LogP) is 3.39. The molecule has 0 amide bonds. The van der Waals surface area contributed by atoms with Gasteiger partial charge in [-0.05, 0) is 17.7 Å². The van der Waals surface area contributed by atoms with Crippen molar-refractivity contribution in [1.82, 2.24) is 0 Å². The Bertz CT molecular complexity index is 760. The summed E-state index contributed by atoms with van der Waals surface area (Å²) in [6.45, 7) is 0. The molecule has 0 atom stereocenters. The molecule has 0 saturated carbocycles. The summed E-state index contributed by atoms with van der Waals surface area (Å²) in [5, 5.41) is 20.6. The Morgan fingerprint density at radius 2 is 1.92 bits per heavy atom. The predicted molar refractivity (Wildman–Crippen MR) is 88.7 cm³/mol. The minimum Gasteiger partial charge on any atom is -0.504 e. The number of carbonyl (C=O) groups excluding carboxylic acids is 1. The first kappa shape index (κ1) is 17.6. The van der Waals surface area contributed by atoms with E-state index in [4.69, 9.17) is 4.74 Å². The first-order valence-electron chi connectivity index (χ1n) is 6.81. The fourth-order valence-electron chi connectivity index (χ4n) is 2.01. The second kappa shape index (κ2) is 7.69. The van der Waals surface area contributed by atoms with Crippen LogP contribution in [0.25, 0.3) is 0 Å². The lowest BCUT2D eigenvalue weighted by atomic mass is 10.2. The number of rotatable bonds is 6. The van der Waals surface area contributed by atoms with Gasteiger partial charge >= 0.3 is 5.97 Å². The van der Waals surface area contributed by atoms with Gasteiger partial charge in [-0.1, -0.05) is 12.1 Å².